The maximum atomic E-state index is 8.74. The Morgan fingerprint density at radius 1 is 0.500 bits per heavy atom. The molecule has 0 heterocycles. The van der Waals surface area contributed by atoms with E-state index in [0.29, 0.717) is 0 Å². The van der Waals surface area contributed by atoms with Gasteiger partial charge in [-0.15, -0.1) is 0 Å². The molecule has 0 aromatic rings. The molecule has 170 valence electrons. The van der Waals surface area contributed by atoms with Gasteiger partial charge in [0.1, 0.15) is 0 Å². The Kier molecular flexibility index (Phi) is 26.2. The zero-order valence-corrected chi connectivity index (χ0v) is 19.5. The van der Waals surface area contributed by atoms with E-state index in [0.717, 1.165) is 0 Å². The summed E-state index contributed by atoms with van der Waals surface area (Å²) in [4.78, 5) is 0. The lowest BCUT2D eigenvalue weighted by Gasteiger charge is -2.01. The summed E-state index contributed by atoms with van der Waals surface area (Å²) in [6.07, 6.45) is 31.9. The van der Waals surface area contributed by atoms with Gasteiger partial charge in [0.05, 0.1) is 0 Å². The fourth-order valence-corrected chi connectivity index (χ4v) is 3.20. The first-order valence-electron chi connectivity index (χ1n) is 11.8. The molecule has 0 unspecified atom stereocenters. The molecule has 28 heavy (non-hydrogen) atoms. The van der Waals surface area contributed by atoms with E-state index in [1.807, 2.05) is 0 Å². The highest BCUT2D eigenvalue weighted by atomic mass is 32.3. The molecule has 0 aliphatic heterocycles. The Labute approximate surface area is 176 Å². The second-order valence-electron chi connectivity index (χ2n) is 7.80. The normalized spacial score (nSPS) is 11.6. The highest BCUT2D eigenvalue weighted by Crippen LogP contribution is 2.12. The fraction of sp³-hybridized carbons (Fsp3) is 0.913. The van der Waals surface area contributed by atoms with Crippen LogP contribution in [0.4, 0.5) is 0 Å². The molecule has 0 bridgehead atoms. The Morgan fingerprint density at radius 2 is 0.714 bits per heavy atom. The first-order chi connectivity index (χ1) is 13.4. The molecule has 0 aliphatic carbocycles. The van der Waals surface area contributed by atoms with Gasteiger partial charge in [-0.2, -0.15) is 8.42 Å². The summed E-state index contributed by atoms with van der Waals surface area (Å²) in [5.74, 6) is 0. The molecule has 4 nitrogen and oxygen atoms in total. The van der Waals surface area contributed by atoms with Crippen molar-refractivity contribution in [3.63, 3.8) is 0 Å². The molecule has 0 saturated carbocycles. The molecule has 0 aromatic carbocycles. The lowest BCUT2D eigenvalue weighted by molar-refractivity contribution is 0.381. The van der Waals surface area contributed by atoms with Crippen LogP contribution < -0.4 is 0 Å². The lowest BCUT2D eigenvalue weighted by Crippen LogP contribution is -1.89. The minimum atomic E-state index is -4.67. The van der Waals surface area contributed by atoms with Crippen molar-refractivity contribution in [2.45, 2.75) is 136 Å². The molecule has 5 heteroatoms. The summed E-state index contributed by atoms with van der Waals surface area (Å²) in [6.45, 7) is 4.58. The summed E-state index contributed by atoms with van der Waals surface area (Å²) in [5, 5.41) is 0. The van der Waals surface area contributed by atoms with Crippen molar-refractivity contribution in [2.75, 3.05) is 0 Å². The Bertz CT molecular complexity index is 397. The zero-order chi connectivity index (χ0) is 21.3. The van der Waals surface area contributed by atoms with E-state index in [4.69, 9.17) is 17.5 Å². The largest absolute Gasteiger partial charge is 0.394 e. The number of allylic oxidation sites excluding steroid dienone is 2. The van der Waals surface area contributed by atoms with Gasteiger partial charge < -0.3 is 0 Å². The van der Waals surface area contributed by atoms with Crippen LogP contribution in [-0.2, 0) is 10.4 Å². The molecule has 0 saturated heterocycles. The summed E-state index contributed by atoms with van der Waals surface area (Å²) < 4.78 is 31.6. The molecule has 0 atom stereocenters. The Morgan fingerprint density at radius 3 is 0.964 bits per heavy atom. The van der Waals surface area contributed by atoms with E-state index in [-0.39, 0.29) is 0 Å². The van der Waals surface area contributed by atoms with Crippen LogP contribution in [0.1, 0.15) is 136 Å². The van der Waals surface area contributed by atoms with Crippen molar-refractivity contribution in [3.05, 3.63) is 12.2 Å². The minimum absolute atomic E-state index is 1.31. The molecule has 0 radical (unpaired) electrons. The van der Waals surface area contributed by atoms with E-state index < -0.39 is 10.4 Å². The summed E-state index contributed by atoms with van der Waals surface area (Å²) in [5.41, 5.74) is 0. The maximum absolute atomic E-state index is 8.74. The third-order valence-electron chi connectivity index (χ3n) is 4.87. The molecule has 0 aliphatic rings. The number of unbranched alkanes of at least 4 members (excludes halogenated alkanes) is 17. The second-order valence-corrected chi connectivity index (χ2v) is 8.70. The number of hydrogen-bond donors (Lipinski definition) is 2. The maximum Gasteiger partial charge on any atom is 0.394 e. The quantitative estimate of drug-likeness (QED) is 0.125. The van der Waals surface area contributed by atoms with Crippen LogP contribution >= 0.6 is 0 Å². The molecular formula is C23H48O4S. The zero-order valence-electron chi connectivity index (χ0n) is 18.7. The van der Waals surface area contributed by atoms with Crippen molar-refractivity contribution in [1.29, 1.82) is 0 Å². The van der Waals surface area contributed by atoms with Crippen molar-refractivity contribution in [3.8, 4) is 0 Å². The summed E-state index contributed by atoms with van der Waals surface area (Å²) >= 11 is 0. The Hall–Kier alpha value is -0.390. The van der Waals surface area contributed by atoms with Gasteiger partial charge in [-0.05, 0) is 25.7 Å². The molecule has 0 rings (SSSR count). The van der Waals surface area contributed by atoms with E-state index >= 15 is 0 Å². The predicted octanol–water partition coefficient (Wildman–Crippen LogP) is 8.34. The van der Waals surface area contributed by atoms with Crippen LogP contribution in [0.5, 0.6) is 0 Å². The van der Waals surface area contributed by atoms with Gasteiger partial charge in [0.15, 0.2) is 0 Å². The third-order valence-corrected chi connectivity index (χ3v) is 4.87. The minimum Gasteiger partial charge on any atom is -0.264 e. The van der Waals surface area contributed by atoms with Gasteiger partial charge in [0.25, 0.3) is 0 Å². The van der Waals surface area contributed by atoms with Crippen molar-refractivity contribution < 1.29 is 17.5 Å². The first kappa shape index (κ1) is 29.8. The molecule has 2 N–H and O–H groups in total. The van der Waals surface area contributed by atoms with Gasteiger partial charge in [-0.3, -0.25) is 9.11 Å². The molecule has 0 aromatic heterocycles. The van der Waals surface area contributed by atoms with Crippen molar-refractivity contribution in [1.82, 2.24) is 0 Å². The average molecular weight is 421 g/mol. The molecule has 0 amide bonds. The van der Waals surface area contributed by atoms with Crippen LogP contribution in [0.2, 0.25) is 0 Å². The van der Waals surface area contributed by atoms with Crippen LogP contribution in [-0.4, -0.2) is 17.5 Å². The molecular weight excluding hydrogens is 372 g/mol. The standard InChI is InChI=1S/C23H46.H2O4S/c1-3-5-7-9-11-13-15-17-19-21-23-22-20-18-16-14-12-10-8-6-4-2;1-5(2,3)4/h17,19H,3-16,18,20-23H2,1-2H3;(H2,1,2,3,4)/b19-17-;. The average Bonchev–Trinajstić information content (AvgIpc) is 2.62. The van der Waals surface area contributed by atoms with Gasteiger partial charge in [0.2, 0.25) is 0 Å². The smallest absolute Gasteiger partial charge is 0.264 e. The van der Waals surface area contributed by atoms with Gasteiger partial charge >= 0.3 is 10.4 Å². The van der Waals surface area contributed by atoms with E-state index in [9.17, 15) is 0 Å². The first-order valence-corrected chi connectivity index (χ1v) is 13.2. The highest BCUT2D eigenvalue weighted by Gasteiger charge is 1.92. The SMILES string of the molecule is CCCCCCCC/C=C\CCCCCCCCCCCCC.O=S(=O)(O)O. The highest BCUT2D eigenvalue weighted by molar-refractivity contribution is 7.79. The van der Waals surface area contributed by atoms with E-state index in [1.165, 1.54) is 122 Å². The molecule has 0 spiro atoms. The van der Waals surface area contributed by atoms with Crippen LogP contribution in [0.25, 0.3) is 0 Å². The van der Waals surface area contributed by atoms with E-state index in [2.05, 4.69) is 26.0 Å². The van der Waals surface area contributed by atoms with Crippen molar-refractivity contribution >= 4 is 10.4 Å². The fourth-order valence-electron chi connectivity index (χ4n) is 3.20. The van der Waals surface area contributed by atoms with Gasteiger partial charge in [0, 0.05) is 0 Å². The van der Waals surface area contributed by atoms with Gasteiger partial charge in [-0.25, -0.2) is 0 Å². The third kappa shape index (κ3) is 40.3. The predicted molar refractivity (Wildman–Crippen MR) is 122 cm³/mol. The van der Waals surface area contributed by atoms with Crippen LogP contribution in [0, 0.1) is 0 Å². The van der Waals surface area contributed by atoms with Crippen molar-refractivity contribution in [2.24, 2.45) is 0 Å². The Balaban J connectivity index is 0. The van der Waals surface area contributed by atoms with Crippen LogP contribution in [0.3, 0.4) is 0 Å². The lowest BCUT2D eigenvalue weighted by atomic mass is 10.1. The summed E-state index contributed by atoms with van der Waals surface area (Å²) in [6, 6.07) is 0. The van der Waals surface area contributed by atoms with Crippen LogP contribution in [0.15, 0.2) is 12.2 Å². The second kappa shape index (κ2) is 24.6. The topological polar surface area (TPSA) is 74.6 Å². The number of rotatable bonds is 19. The van der Waals surface area contributed by atoms with E-state index in [1.54, 1.807) is 0 Å². The number of hydrogen-bond acceptors (Lipinski definition) is 2. The molecule has 0 fully saturated rings. The van der Waals surface area contributed by atoms with Gasteiger partial charge in [-0.1, -0.05) is 122 Å². The monoisotopic (exact) mass is 420 g/mol. The summed E-state index contributed by atoms with van der Waals surface area (Å²) in [7, 11) is -4.67.